The van der Waals surface area contributed by atoms with Gasteiger partial charge in [0.1, 0.15) is 6.10 Å². The minimum Gasteiger partial charge on any atom is -0.462 e. The summed E-state index contributed by atoms with van der Waals surface area (Å²) in [6.45, 7) is 8.21. The summed E-state index contributed by atoms with van der Waals surface area (Å²) in [5.41, 5.74) is 0. The van der Waals surface area contributed by atoms with Gasteiger partial charge in [0, 0.05) is 5.92 Å². The molecule has 2 nitrogen and oxygen atoms in total. The van der Waals surface area contributed by atoms with Gasteiger partial charge in [0.25, 0.3) is 0 Å². The van der Waals surface area contributed by atoms with Crippen LogP contribution in [0, 0.1) is 17.8 Å². The molecule has 64 valence electrons. The van der Waals surface area contributed by atoms with Gasteiger partial charge in [-0.05, 0) is 12.8 Å². The molecule has 1 rings (SSSR count). The fourth-order valence-corrected chi connectivity index (χ4v) is 2.05. The quantitative estimate of drug-likeness (QED) is 0.541. The Morgan fingerprint density at radius 2 is 1.91 bits per heavy atom. The topological polar surface area (TPSA) is 26.3 Å². The second kappa shape index (κ2) is 2.84. The molecule has 0 aromatic rings. The van der Waals surface area contributed by atoms with E-state index in [2.05, 4.69) is 13.8 Å². The normalized spacial score (nSPS) is 37.9. The monoisotopic (exact) mass is 156 g/mol. The van der Waals surface area contributed by atoms with Crippen molar-refractivity contribution in [2.24, 2.45) is 17.8 Å². The molecular formula is C9H16O2. The number of carbonyl (C=O) groups excluding carboxylic acids is 1. The van der Waals surface area contributed by atoms with Gasteiger partial charge in [-0.2, -0.15) is 0 Å². The Balaban J connectivity index is 2.71. The van der Waals surface area contributed by atoms with Crippen LogP contribution in [0.2, 0.25) is 0 Å². The first-order valence-corrected chi connectivity index (χ1v) is 4.24. The first-order valence-electron chi connectivity index (χ1n) is 4.24. The summed E-state index contributed by atoms with van der Waals surface area (Å²) in [7, 11) is 0. The van der Waals surface area contributed by atoms with Crippen molar-refractivity contribution < 1.29 is 9.53 Å². The van der Waals surface area contributed by atoms with Gasteiger partial charge in [0.15, 0.2) is 0 Å². The van der Waals surface area contributed by atoms with Crippen LogP contribution in [0.3, 0.4) is 0 Å². The van der Waals surface area contributed by atoms with Crippen molar-refractivity contribution in [2.75, 3.05) is 0 Å². The molecule has 0 aromatic heterocycles. The first kappa shape index (κ1) is 8.57. The molecule has 1 fully saturated rings. The highest BCUT2D eigenvalue weighted by Gasteiger charge is 2.40. The van der Waals surface area contributed by atoms with Gasteiger partial charge in [-0.25, -0.2) is 0 Å². The summed E-state index contributed by atoms with van der Waals surface area (Å²) in [5, 5.41) is 0. The third kappa shape index (κ3) is 1.39. The minimum absolute atomic E-state index is 0.0313. The molecule has 2 heteroatoms. The van der Waals surface area contributed by atoms with Gasteiger partial charge in [-0.1, -0.05) is 20.8 Å². The fraction of sp³-hybridized carbons (Fsp3) is 0.889. The number of ether oxygens (including phenoxy) is 1. The van der Waals surface area contributed by atoms with Crippen LogP contribution in [-0.4, -0.2) is 12.1 Å². The standard InChI is InChI=1S/C9H16O2/c1-5(2)8-6(3)9(10)11-7(8)4/h5-8H,1-4H3/t6-,7-,8-/m1/s1. The Morgan fingerprint density at radius 1 is 1.36 bits per heavy atom. The molecule has 1 aliphatic heterocycles. The molecule has 1 heterocycles. The van der Waals surface area contributed by atoms with Crippen LogP contribution >= 0.6 is 0 Å². The Bertz CT molecular complexity index is 163. The molecule has 0 amide bonds. The molecule has 0 aromatic carbocycles. The van der Waals surface area contributed by atoms with Gasteiger partial charge < -0.3 is 4.74 Å². The number of hydrogen-bond acceptors (Lipinski definition) is 2. The van der Waals surface area contributed by atoms with Gasteiger partial charge in [-0.15, -0.1) is 0 Å². The molecule has 0 saturated carbocycles. The lowest BCUT2D eigenvalue weighted by Gasteiger charge is -2.19. The Labute approximate surface area is 67.9 Å². The van der Waals surface area contributed by atoms with Crippen molar-refractivity contribution in [3.63, 3.8) is 0 Å². The number of carbonyl (C=O) groups is 1. The van der Waals surface area contributed by atoms with E-state index in [0.717, 1.165) is 0 Å². The second-order valence-corrected chi connectivity index (χ2v) is 3.75. The summed E-state index contributed by atoms with van der Waals surface area (Å²) < 4.78 is 5.11. The van der Waals surface area contributed by atoms with Crippen molar-refractivity contribution in [1.29, 1.82) is 0 Å². The van der Waals surface area contributed by atoms with E-state index >= 15 is 0 Å². The second-order valence-electron chi connectivity index (χ2n) is 3.75. The van der Waals surface area contributed by atoms with E-state index in [1.807, 2.05) is 13.8 Å². The number of esters is 1. The zero-order chi connectivity index (χ0) is 8.59. The lowest BCUT2D eigenvalue weighted by atomic mass is 9.83. The molecule has 0 unspecified atom stereocenters. The van der Waals surface area contributed by atoms with Crippen LogP contribution in [-0.2, 0) is 9.53 Å². The largest absolute Gasteiger partial charge is 0.462 e. The van der Waals surface area contributed by atoms with Crippen LogP contribution in [0.1, 0.15) is 27.7 Å². The highest BCUT2D eigenvalue weighted by atomic mass is 16.6. The third-order valence-corrected chi connectivity index (χ3v) is 2.56. The molecule has 0 spiro atoms. The van der Waals surface area contributed by atoms with E-state index in [1.54, 1.807) is 0 Å². The molecule has 0 N–H and O–H groups in total. The van der Waals surface area contributed by atoms with E-state index in [1.165, 1.54) is 0 Å². The zero-order valence-corrected chi connectivity index (χ0v) is 7.63. The van der Waals surface area contributed by atoms with E-state index in [9.17, 15) is 4.79 Å². The predicted molar refractivity (Wildman–Crippen MR) is 43.0 cm³/mol. The van der Waals surface area contributed by atoms with Crippen molar-refractivity contribution in [3.8, 4) is 0 Å². The minimum atomic E-state index is -0.0313. The van der Waals surface area contributed by atoms with Crippen LogP contribution in [0.25, 0.3) is 0 Å². The van der Waals surface area contributed by atoms with Crippen molar-refractivity contribution in [1.82, 2.24) is 0 Å². The van der Waals surface area contributed by atoms with E-state index in [-0.39, 0.29) is 18.0 Å². The molecule has 0 bridgehead atoms. The molecule has 1 aliphatic rings. The van der Waals surface area contributed by atoms with Gasteiger partial charge in [0.2, 0.25) is 0 Å². The predicted octanol–water partition coefficient (Wildman–Crippen LogP) is 1.84. The Hall–Kier alpha value is -0.530. The van der Waals surface area contributed by atoms with E-state index < -0.39 is 0 Å². The molecule has 0 radical (unpaired) electrons. The number of cyclic esters (lactones) is 1. The van der Waals surface area contributed by atoms with Crippen LogP contribution in [0.4, 0.5) is 0 Å². The average Bonchev–Trinajstić information content (AvgIpc) is 2.07. The molecule has 0 aliphatic carbocycles. The number of rotatable bonds is 1. The summed E-state index contributed by atoms with van der Waals surface area (Å²) in [5.74, 6) is 0.996. The lowest BCUT2D eigenvalue weighted by molar-refractivity contribution is -0.143. The summed E-state index contributed by atoms with van der Waals surface area (Å²) >= 11 is 0. The van der Waals surface area contributed by atoms with Crippen LogP contribution in [0.5, 0.6) is 0 Å². The SMILES string of the molecule is CC(C)[C@H]1[C@@H](C)OC(=O)[C@@H]1C. The van der Waals surface area contributed by atoms with Crippen LogP contribution in [0.15, 0.2) is 0 Å². The maximum absolute atomic E-state index is 11.1. The van der Waals surface area contributed by atoms with E-state index in [4.69, 9.17) is 4.74 Å². The summed E-state index contributed by atoms with van der Waals surface area (Å²) in [6, 6.07) is 0. The van der Waals surface area contributed by atoms with Crippen molar-refractivity contribution in [3.05, 3.63) is 0 Å². The molecular weight excluding hydrogens is 140 g/mol. The summed E-state index contributed by atoms with van der Waals surface area (Å²) in [6.07, 6.45) is 0.109. The molecule has 1 saturated heterocycles. The maximum Gasteiger partial charge on any atom is 0.309 e. The number of hydrogen-bond donors (Lipinski definition) is 0. The van der Waals surface area contributed by atoms with Gasteiger partial charge in [0.05, 0.1) is 5.92 Å². The fourth-order valence-electron chi connectivity index (χ4n) is 2.05. The van der Waals surface area contributed by atoms with Crippen molar-refractivity contribution >= 4 is 5.97 Å². The van der Waals surface area contributed by atoms with Crippen molar-refractivity contribution in [2.45, 2.75) is 33.8 Å². The summed E-state index contributed by atoms with van der Waals surface area (Å²) in [4.78, 5) is 11.1. The Morgan fingerprint density at radius 3 is 2.09 bits per heavy atom. The third-order valence-electron chi connectivity index (χ3n) is 2.56. The maximum atomic E-state index is 11.1. The van der Waals surface area contributed by atoms with Crippen LogP contribution < -0.4 is 0 Å². The van der Waals surface area contributed by atoms with Gasteiger partial charge >= 0.3 is 5.97 Å². The lowest BCUT2D eigenvalue weighted by Crippen LogP contribution is -2.22. The average molecular weight is 156 g/mol. The smallest absolute Gasteiger partial charge is 0.309 e. The zero-order valence-electron chi connectivity index (χ0n) is 7.63. The highest BCUT2D eigenvalue weighted by molar-refractivity contribution is 5.74. The van der Waals surface area contributed by atoms with E-state index in [0.29, 0.717) is 11.8 Å². The Kier molecular flexibility index (Phi) is 2.21. The highest BCUT2D eigenvalue weighted by Crippen LogP contribution is 2.33. The molecule has 11 heavy (non-hydrogen) atoms. The van der Waals surface area contributed by atoms with Gasteiger partial charge in [-0.3, -0.25) is 4.79 Å². The molecule has 3 atom stereocenters. The first-order chi connectivity index (χ1) is 5.04.